The molecular formula is C11H25NO4. The molecule has 16 heavy (non-hydrogen) atoms. The zero-order valence-electron chi connectivity index (χ0n) is 10.4. The number of methoxy groups -OCH3 is 1. The van der Waals surface area contributed by atoms with Gasteiger partial charge in [0.15, 0.2) is 0 Å². The molecule has 0 heterocycles. The summed E-state index contributed by atoms with van der Waals surface area (Å²) in [6.45, 7) is 7.07. The Kier molecular flexibility index (Phi) is 12.7. The molecule has 2 N–H and O–H groups in total. The predicted molar refractivity (Wildman–Crippen MR) is 62.6 cm³/mol. The Balaban J connectivity index is 2.93. The highest BCUT2D eigenvalue weighted by Gasteiger charge is 1.98. The van der Waals surface area contributed by atoms with Crippen LogP contribution in [0.15, 0.2) is 0 Å². The quantitative estimate of drug-likeness (QED) is 0.492. The smallest absolute Gasteiger partial charge is 0.0701 e. The topological polar surface area (TPSA) is 62.9 Å². The number of nitrogens with two attached hydrogens (primary N) is 1. The monoisotopic (exact) mass is 235 g/mol. The van der Waals surface area contributed by atoms with Crippen LogP contribution >= 0.6 is 0 Å². The first kappa shape index (κ1) is 15.8. The van der Waals surface area contributed by atoms with Crippen molar-refractivity contribution in [3.63, 3.8) is 0 Å². The number of ether oxygens (including phenoxy) is 4. The Hall–Kier alpha value is -0.200. The first-order chi connectivity index (χ1) is 7.81. The van der Waals surface area contributed by atoms with Crippen molar-refractivity contribution in [3.05, 3.63) is 0 Å². The van der Waals surface area contributed by atoms with Gasteiger partial charge < -0.3 is 24.7 Å². The highest BCUT2D eigenvalue weighted by molar-refractivity contribution is 4.49. The van der Waals surface area contributed by atoms with Gasteiger partial charge in [-0.1, -0.05) is 6.92 Å². The molecule has 5 heteroatoms. The van der Waals surface area contributed by atoms with Gasteiger partial charge in [-0.2, -0.15) is 0 Å². The average molecular weight is 235 g/mol. The first-order valence-electron chi connectivity index (χ1n) is 5.73. The fourth-order valence-electron chi connectivity index (χ4n) is 0.935. The molecule has 0 aromatic carbocycles. The van der Waals surface area contributed by atoms with E-state index in [1.54, 1.807) is 7.11 Å². The normalized spacial score (nSPS) is 12.9. The SMILES string of the molecule is COCCOCCOCCOCC(C)CN. The molecule has 0 saturated heterocycles. The zero-order chi connectivity index (χ0) is 12.1. The summed E-state index contributed by atoms with van der Waals surface area (Å²) >= 11 is 0. The summed E-state index contributed by atoms with van der Waals surface area (Å²) in [4.78, 5) is 0. The molecule has 0 fully saturated rings. The number of hydrogen-bond donors (Lipinski definition) is 1. The molecule has 0 bridgehead atoms. The van der Waals surface area contributed by atoms with Gasteiger partial charge in [0.25, 0.3) is 0 Å². The van der Waals surface area contributed by atoms with Crippen molar-refractivity contribution in [2.45, 2.75) is 6.92 Å². The Morgan fingerprint density at radius 3 is 1.88 bits per heavy atom. The lowest BCUT2D eigenvalue weighted by Gasteiger charge is -2.09. The largest absolute Gasteiger partial charge is 0.382 e. The van der Waals surface area contributed by atoms with Crippen LogP contribution in [0.1, 0.15) is 6.92 Å². The average Bonchev–Trinajstić information content (AvgIpc) is 2.31. The number of rotatable bonds is 12. The van der Waals surface area contributed by atoms with Crippen molar-refractivity contribution < 1.29 is 18.9 Å². The Morgan fingerprint density at radius 1 is 0.875 bits per heavy atom. The molecule has 0 aliphatic carbocycles. The van der Waals surface area contributed by atoms with E-state index in [2.05, 4.69) is 6.92 Å². The Bertz CT molecular complexity index is 135. The van der Waals surface area contributed by atoms with Gasteiger partial charge in [-0.25, -0.2) is 0 Å². The van der Waals surface area contributed by atoms with Crippen LogP contribution in [-0.2, 0) is 18.9 Å². The standard InChI is InChI=1S/C11H25NO4/c1-11(9-12)10-16-8-7-15-6-5-14-4-3-13-2/h11H,3-10,12H2,1-2H3. The molecule has 0 rings (SSSR count). The fraction of sp³-hybridized carbons (Fsp3) is 1.00. The molecular weight excluding hydrogens is 210 g/mol. The van der Waals surface area contributed by atoms with E-state index in [4.69, 9.17) is 24.7 Å². The van der Waals surface area contributed by atoms with Gasteiger partial charge in [-0.05, 0) is 12.5 Å². The minimum absolute atomic E-state index is 0.414. The lowest BCUT2D eigenvalue weighted by Crippen LogP contribution is -2.18. The van der Waals surface area contributed by atoms with Crippen molar-refractivity contribution in [1.29, 1.82) is 0 Å². The Labute approximate surface area is 98.2 Å². The molecule has 0 aliphatic rings. The van der Waals surface area contributed by atoms with Gasteiger partial charge in [0.2, 0.25) is 0 Å². The van der Waals surface area contributed by atoms with Crippen LogP contribution in [0.3, 0.4) is 0 Å². The molecule has 0 amide bonds. The maximum atomic E-state index is 5.45. The summed E-state index contributed by atoms with van der Waals surface area (Å²) < 4.78 is 20.7. The van der Waals surface area contributed by atoms with E-state index in [-0.39, 0.29) is 0 Å². The Morgan fingerprint density at radius 2 is 1.38 bits per heavy atom. The van der Waals surface area contributed by atoms with Crippen molar-refractivity contribution in [2.75, 3.05) is 59.9 Å². The second-order valence-electron chi connectivity index (χ2n) is 3.63. The highest BCUT2D eigenvalue weighted by Crippen LogP contribution is 1.91. The fourth-order valence-corrected chi connectivity index (χ4v) is 0.935. The summed E-state index contributed by atoms with van der Waals surface area (Å²) in [7, 11) is 1.65. The van der Waals surface area contributed by atoms with Crippen molar-refractivity contribution in [2.24, 2.45) is 11.7 Å². The van der Waals surface area contributed by atoms with E-state index >= 15 is 0 Å². The third-order valence-electron chi connectivity index (χ3n) is 1.98. The van der Waals surface area contributed by atoms with Crippen LogP contribution in [-0.4, -0.2) is 59.9 Å². The maximum absolute atomic E-state index is 5.45. The summed E-state index contributed by atoms with van der Waals surface area (Å²) in [5.41, 5.74) is 5.45. The molecule has 0 aliphatic heterocycles. The first-order valence-corrected chi connectivity index (χ1v) is 5.73. The summed E-state index contributed by atoms with van der Waals surface area (Å²) in [5.74, 6) is 0.414. The van der Waals surface area contributed by atoms with Crippen LogP contribution in [0.4, 0.5) is 0 Å². The van der Waals surface area contributed by atoms with Crippen LogP contribution < -0.4 is 5.73 Å². The van der Waals surface area contributed by atoms with E-state index in [0.717, 1.165) is 0 Å². The van der Waals surface area contributed by atoms with E-state index in [1.165, 1.54) is 0 Å². The minimum atomic E-state index is 0.414. The van der Waals surface area contributed by atoms with Gasteiger partial charge in [0.1, 0.15) is 0 Å². The third-order valence-corrected chi connectivity index (χ3v) is 1.98. The summed E-state index contributed by atoms with van der Waals surface area (Å²) in [6, 6.07) is 0. The molecule has 1 atom stereocenters. The summed E-state index contributed by atoms with van der Waals surface area (Å²) in [5, 5.41) is 0. The summed E-state index contributed by atoms with van der Waals surface area (Å²) in [6.07, 6.45) is 0. The van der Waals surface area contributed by atoms with E-state index in [1.807, 2.05) is 0 Å². The van der Waals surface area contributed by atoms with Gasteiger partial charge in [-0.3, -0.25) is 0 Å². The van der Waals surface area contributed by atoms with Crippen LogP contribution in [0.25, 0.3) is 0 Å². The van der Waals surface area contributed by atoms with E-state index in [0.29, 0.717) is 58.7 Å². The zero-order valence-corrected chi connectivity index (χ0v) is 10.4. The van der Waals surface area contributed by atoms with Gasteiger partial charge in [0, 0.05) is 7.11 Å². The van der Waals surface area contributed by atoms with Crippen LogP contribution in [0.5, 0.6) is 0 Å². The number of hydrogen-bond acceptors (Lipinski definition) is 5. The lowest BCUT2D eigenvalue weighted by molar-refractivity contribution is -0.000177. The van der Waals surface area contributed by atoms with Gasteiger partial charge >= 0.3 is 0 Å². The molecule has 98 valence electrons. The van der Waals surface area contributed by atoms with Gasteiger partial charge in [-0.15, -0.1) is 0 Å². The molecule has 0 spiro atoms. The lowest BCUT2D eigenvalue weighted by atomic mass is 10.2. The molecule has 0 saturated carbocycles. The van der Waals surface area contributed by atoms with E-state index < -0.39 is 0 Å². The maximum Gasteiger partial charge on any atom is 0.0701 e. The van der Waals surface area contributed by atoms with E-state index in [9.17, 15) is 0 Å². The highest BCUT2D eigenvalue weighted by atomic mass is 16.6. The molecule has 0 aromatic heterocycles. The van der Waals surface area contributed by atoms with Crippen molar-refractivity contribution in [1.82, 2.24) is 0 Å². The minimum Gasteiger partial charge on any atom is -0.382 e. The van der Waals surface area contributed by atoms with Crippen LogP contribution in [0.2, 0.25) is 0 Å². The second kappa shape index (κ2) is 12.9. The molecule has 0 aromatic rings. The third kappa shape index (κ3) is 11.9. The second-order valence-corrected chi connectivity index (χ2v) is 3.63. The van der Waals surface area contributed by atoms with Crippen molar-refractivity contribution >= 4 is 0 Å². The molecule has 0 radical (unpaired) electrons. The predicted octanol–water partition coefficient (Wildman–Crippen LogP) is 0.277. The molecule has 5 nitrogen and oxygen atoms in total. The van der Waals surface area contributed by atoms with Gasteiger partial charge in [0.05, 0.1) is 46.2 Å². The van der Waals surface area contributed by atoms with Crippen LogP contribution in [0, 0.1) is 5.92 Å². The van der Waals surface area contributed by atoms with Crippen molar-refractivity contribution in [3.8, 4) is 0 Å². The molecule has 1 unspecified atom stereocenters.